The maximum Gasteiger partial charge on any atom is 0.243 e. The molecule has 3 amide bonds. The molecule has 0 bridgehead atoms. The number of benzene rings is 3. The van der Waals surface area contributed by atoms with Crippen molar-refractivity contribution in [2.24, 2.45) is 11.3 Å². The van der Waals surface area contributed by atoms with Crippen LogP contribution in [0.2, 0.25) is 0 Å². The number of likely N-dealkylation sites (tertiary alicyclic amines) is 1. The Bertz CT molecular complexity index is 3020. The van der Waals surface area contributed by atoms with E-state index in [-0.39, 0.29) is 55.9 Å². The van der Waals surface area contributed by atoms with Gasteiger partial charge in [0.1, 0.15) is 35.6 Å². The molecule has 3 saturated heterocycles. The molecule has 2 N–H and O–H groups in total. The number of rotatable bonds is 22. The van der Waals surface area contributed by atoms with Gasteiger partial charge in [-0.15, -0.1) is 11.3 Å². The zero-order valence-corrected chi connectivity index (χ0v) is 48.7. The first-order valence-corrected chi connectivity index (χ1v) is 30.4. The Morgan fingerprint density at radius 1 is 0.848 bits per heavy atom. The van der Waals surface area contributed by atoms with Crippen LogP contribution >= 0.6 is 11.3 Å². The smallest absolute Gasteiger partial charge is 0.243 e. The van der Waals surface area contributed by atoms with E-state index in [2.05, 4.69) is 48.3 Å². The molecule has 0 radical (unpaired) electrons. The molecule has 0 unspecified atom stereocenters. The summed E-state index contributed by atoms with van der Waals surface area (Å²) in [4.78, 5) is 82.1. The highest BCUT2D eigenvalue weighted by molar-refractivity contribution is 7.92. The number of thiazole rings is 1. The van der Waals surface area contributed by atoms with Crippen molar-refractivity contribution >= 4 is 50.4 Å². The van der Waals surface area contributed by atoms with Crippen LogP contribution in [0.3, 0.4) is 0 Å². The first kappa shape index (κ1) is 59.0. The molecule has 17 nitrogen and oxygen atoms in total. The Balaban J connectivity index is 0.729. The summed E-state index contributed by atoms with van der Waals surface area (Å²) in [6, 6.07) is 20.8. The number of carbonyl (C=O) groups excluding carboxylic acids is 4. The van der Waals surface area contributed by atoms with Crippen LogP contribution in [0.25, 0.3) is 10.4 Å². The number of anilines is 1. The summed E-state index contributed by atoms with van der Waals surface area (Å²) in [5, 5.41) is 13.1. The van der Waals surface area contributed by atoms with Gasteiger partial charge in [0.05, 0.1) is 39.4 Å². The molecule has 0 aliphatic carbocycles. The van der Waals surface area contributed by atoms with Crippen molar-refractivity contribution in [3.05, 3.63) is 113 Å². The number of aliphatic hydroxyl groups is 1. The summed E-state index contributed by atoms with van der Waals surface area (Å²) >= 11 is 1.58. The van der Waals surface area contributed by atoms with E-state index in [1.54, 1.807) is 44.4 Å². The summed E-state index contributed by atoms with van der Waals surface area (Å²) in [5.74, 6) is 0.693. The van der Waals surface area contributed by atoms with Gasteiger partial charge in [-0.2, -0.15) is 0 Å². The SMILES string of the molecule is COc1cc(N2CCC(N3CCN(C(=O)CCCCCC(=O)C[C@H](C(=O)N4C[C@H](O)C[C@H]4C(=O)NCc4ccc(-c5scnc5C)cc4)C(C)(C)C)CC3)CC2)ccc1Cc1ncnc(Cc2ccccc2S(=O)(=O)C(C)C)n1. The Morgan fingerprint density at radius 2 is 1.53 bits per heavy atom. The molecule has 19 heteroatoms. The third kappa shape index (κ3) is 15.0. The normalized spacial score (nSPS) is 18.0. The highest BCUT2D eigenvalue weighted by Crippen LogP contribution is 2.35. The summed E-state index contributed by atoms with van der Waals surface area (Å²) < 4.78 is 32.0. The van der Waals surface area contributed by atoms with Gasteiger partial charge in [0, 0.05) is 120 Å². The maximum absolute atomic E-state index is 14.2. The molecule has 8 rings (SSSR count). The van der Waals surface area contributed by atoms with Crippen molar-refractivity contribution in [2.45, 2.75) is 147 Å². The van der Waals surface area contributed by atoms with E-state index in [4.69, 9.17) is 9.72 Å². The summed E-state index contributed by atoms with van der Waals surface area (Å²) in [6.07, 6.45) is 6.39. The largest absolute Gasteiger partial charge is 0.496 e. The number of aromatic nitrogens is 4. The molecule has 5 heterocycles. The standard InChI is InChI=1S/C60H79N9O8S2/c1-40(2)79(75,76)53-15-12-11-13-45(53)32-55-63-38-62-54(65-55)31-44-21-22-47(33-52(44)77-7)66-25-23-46(24-26-66)67-27-29-68(30-28-67)56(72)16-10-8-9-14-48(70)34-50(60(4,5)6)59(74)69-37-49(71)35-51(69)58(73)61-36-42-17-19-43(20-18-42)57-41(3)64-39-78-57/h11-13,15,17-22,33,38-40,46,49-51,71H,8-10,14,16,23-32,34-37H2,1-7H3,(H,61,73)/t49-,50-,51+/m1/s1. The minimum absolute atomic E-state index is 0.0144. The van der Waals surface area contributed by atoms with Crippen molar-refractivity contribution < 1.29 is 37.4 Å². The third-order valence-corrected chi connectivity index (χ3v) is 19.2. The van der Waals surface area contributed by atoms with Crippen LogP contribution in [-0.4, -0.2) is 148 Å². The van der Waals surface area contributed by atoms with E-state index in [1.807, 2.05) is 74.5 Å². The molecule has 3 aliphatic rings. The van der Waals surface area contributed by atoms with Crippen LogP contribution in [0.4, 0.5) is 5.69 Å². The van der Waals surface area contributed by atoms with Gasteiger partial charge in [0.15, 0.2) is 9.84 Å². The lowest BCUT2D eigenvalue weighted by Gasteiger charge is -2.43. The zero-order valence-electron chi connectivity index (χ0n) is 47.0. The second-order valence-corrected chi connectivity index (χ2v) is 26.1. The lowest BCUT2D eigenvalue weighted by Crippen LogP contribution is -2.54. The van der Waals surface area contributed by atoms with Gasteiger partial charge in [-0.1, -0.05) is 75.7 Å². The number of sulfone groups is 1. The average molecular weight is 1120 g/mol. The molecule has 2 aromatic heterocycles. The lowest BCUT2D eigenvalue weighted by molar-refractivity contribution is -0.146. The second kappa shape index (κ2) is 26.4. The first-order valence-electron chi connectivity index (χ1n) is 28.0. The number of unbranched alkanes of at least 4 members (excludes halogenated alkanes) is 2. The molecule has 3 fully saturated rings. The van der Waals surface area contributed by atoms with Crippen molar-refractivity contribution in [1.29, 1.82) is 0 Å². The highest BCUT2D eigenvalue weighted by Gasteiger charge is 2.44. The zero-order chi connectivity index (χ0) is 56.4. The fourth-order valence-corrected chi connectivity index (χ4v) is 13.2. The number of nitrogens with zero attached hydrogens (tertiary/aromatic N) is 8. The molecule has 0 spiro atoms. The van der Waals surface area contributed by atoms with Crippen LogP contribution in [-0.2, 0) is 48.4 Å². The number of piperazine rings is 1. The van der Waals surface area contributed by atoms with Gasteiger partial charge in [0.2, 0.25) is 17.7 Å². The molecule has 424 valence electrons. The van der Waals surface area contributed by atoms with Gasteiger partial charge in [-0.05, 0) is 80.7 Å². The first-order chi connectivity index (χ1) is 37.8. The van der Waals surface area contributed by atoms with E-state index in [1.165, 1.54) is 11.2 Å². The van der Waals surface area contributed by atoms with Gasteiger partial charge < -0.3 is 29.9 Å². The number of hydrogen-bond donors (Lipinski definition) is 2. The predicted molar refractivity (Wildman–Crippen MR) is 306 cm³/mol. The van der Waals surface area contributed by atoms with Crippen LogP contribution in [0, 0.1) is 18.3 Å². The number of Topliss-reactive ketones (excluding diaryl/α,β-unsaturated/α-hetero) is 1. The summed E-state index contributed by atoms with van der Waals surface area (Å²) in [6.45, 7) is 16.4. The minimum Gasteiger partial charge on any atom is -0.496 e. The fraction of sp³-hybridized carbons (Fsp3) is 0.533. The Morgan fingerprint density at radius 3 is 2.19 bits per heavy atom. The number of ether oxygens (including phenoxy) is 1. The number of carbonyl (C=O) groups is 4. The van der Waals surface area contributed by atoms with Crippen molar-refractivity contribution in [3.63, 3.8) is 0 Å². The van der Waals surface area contributed by atoms with Gasteiger partial charge in [-0.3, -0.25) is 24.1 Å². The van der Waals surface area contributed by atoms with Gasteiger partial charge in [0.25, 0.3) is 0 Å². The van der Waals surface area contributed by atoms with E-state index < -0.39 is 38.6 Å². The van der Waals surface area contributed by atoms with Crippen molar-refractivity contribution in [3.8, 4) is 16.2 Å². The van der Waals surface area contributed by atoms with Crippen molar-refractivity contribution in [2.75, 3.05) is 57.8 Å². The number of ketones is 1. The topological polar surface area (TPSA) is 208 Å². The molecular weight excluding hydrogens is 1040 g/mol. The molecule has 79 heavy (non-hydrogen) atoms. The number of aliphatic hydroxyl groups excluding tert-OH is 1. The number of β-amino-alcohol motifs (C(OH)–C–C–N with tert-alkyl or cyclic N) is 1. The van der Waals surface area contributed by atoms with E-state index >= 15 is 0 Å². The van der Waals surface area contributed by atoms with E-state index in [0.29, 0.717) is 73.3 Å². The highest BCUT2D eigenvalue weighted by atomic mass is 32.2. The molecule has 3 atom stereocenters. The quantitative estimate of drug-likeness (QED) is 0.0639. The van der Waals surface area contributed by atoms with Crippen molar-refractivity contribution in [1.82, 2.24) is 40.0 Å². The molecular formula is C60H79N9O8S2. The van der Waals surface area contributed by atoms with Crippen LogP contribution < -0.4 is 15.0 Å². The Hall–Kier alpha value is -6.15. The number of hydrogen-bond acceptors (Lipinski definition) is 15. The second-order valence-electron chi connectivity index (χ2n) is 22.8. The Kier molecular flexibility index (Phi) is 19.7. The fourth-order valence-electron chi connectivity index (χ4n) is 11.2. The van der Waals surface area contributed by atoms with E-state index in [0.717, 1.165) is 84.1 Å². The number of methoxy groups -OCH3 is 1. The maximum atomic E-state index is 14.2. The van der Waals surface area contributed by atoms with Crippen LogP contribution in [0.5, 0.6) is 5.75 Å². The van der Waals surface area contributed by atoms with Gasteiger partial charge >= 0.3 is 0 Å². The number of amides is 3. The molecule has 3 aliphatic heterocycles. The number of piperidine rings is 1. The third-order valence-electron chi connectivity index (χ3n) is 16.0. The Labute approximate surface area is 470 Å². The van der Waals surface area contributed by atoms with Crippen LogP contribution in [0.1, 0.15) is 126 Å². The lowest BCUT2D eigenvalue weighted by atomic mass is 9.76. The number of nitrogens with one attached hydrogen (secondary N) is 1. The monoisotopic (exact) mass is 1120 g/mol. The predicted octanol–water partition coefficient (Wildman–Crippen LogP) is 7.64. The molecule has 5 aromatic rings. The van der Waals surface area contributed by atoms with E-state index in [9.17, 15) is 32.7 Å². The van der Waals surface area contributed by atoms with Crippen LogP contribution in [0.15, 0.2) is 83.5 Å². The molecule has 3 aromatic carbocycles. The summed E-state index contributed by atoms with van der Waals surface area (Å²) in [5.41, 5.74) is 6.90. The summed E-state index contributed by atoms with van der Waals surface area (Å²) in [7, 11) is -1.81. The van der Waals surface area contributed by atoms with Gasteiger partial charge in [-0.25, -0.2) is 28.4 Å². The average Bonchev–Trinajstić information content (AvgIpc) is 4.08. The minimum atomic E-state index is -3.48. The molecule has 0 saturated carbocycles. The number of aryl methyl sites for hydroxylation is 1.